The Labute approximate surface area is 193 Å². The third-order valence-electron chi connectivity index (χ3n) is 5.81. The molecule has 1 aliphatic rings. The number of carbonyl (C=O) groups is 3. The fraction of sp³-hybridized carbons (Fsp3) is 0.273. The molecule has 10 nitrogen and oxygen atoms in total. The number of imidazole rings is 1. The molecular formula is C22H22ClN5O5. The summed E-state index contributed by atoms with van der Waals surface area (Å²) < 4.78 is 2.05. The first-order valence-electron chi connectivity index (χ1n) is 10.2. The highest BCUT2D eigenvalue weighted by Crippen LogP contribution is 2.22. The van der Waals surface area contributed by atoms with Crippen LogP contribution in [0.15, 0.2) is 42.5 Å². The Morgan fingerprint density at radius 3 is 2.55 bits per heavy atom. The van der Waals surface area contributed by atoms with Gasteiger partial charge in [0, 0.05) is 30.2 Å². The summed E-state index contributed by atoms with van der Waals surface area (Å²) in [6, 6.07) is 11.8. The van der Waals surface area contributed by atoms with Gasteiger partial charge in [0.05, 0.1) is 23.0 Å². The molecule has 0 spiro atoms. The zero-order valence-corrected chi connectivity index (χ0v) is 18.4. The Hall–Kier alpha value is -3.63. The number of aryl methyl sites for hydroxylation is 1. The minimum absolute atomic E-state index is 0.0474. The number of hydrogen-bond donors (Lipinski definition) is 4. The first-order valence-corrected chi connectivity index (χ1v) is 10.6. The van der Waals surface area contributed by atoms with Crippen molar-refractivity contribution in [2.24, 2.45) is 5.92 Å². The fourth-order valence-corrected chi connectivity index (χ4v) is 4.24. The van der Waals surface area contributed by atoms with E-state index in [0.717, 1.165) is 27.3 Å². The maximum atomic E-state index is 12.7. The van der Waals surface area contributed by atoms with Crippen LogP contribution in [-0.4, -0.2) is 61.8 Å². The molecule has 2 aromatic carbocycles. The maximum absolute atomic E-state index is 12.7. The summed E-state index contributed by atoms with van der Waals surface area (Å²) in [5.74, 6) is -1.23. The van der Waals surface area contributed by atoms with Crippen LogP contribution in [0.5, 0.6) is 0 Å². The van der Waals surface area contributed by atoms with E-state index < -0.39 is 29.9 Å². The summed E-state index contributed by atoms with van der Waals surface area (Å²) in [7, 11) is 0. The SMILES string of the molecule is Cc1nc2cc(Cl)ccc2n1Cc1ccc(C(=O)N[C@@H]2CN(C(=O)O)C[C@@H]2C(=O)NO)cc1. The number of nitrogens with zero attached hydrogens (tertiary/aromatic N) is 3. The van der Waals surface area contributed by atoms with Crippen molar-refractivity contribution in [1.29, 1.82) is 0 Å². The quantitative estimate of drug-likeness (QED) is 0.333. The maximum Gasteiger partial charge on any atom is 0.407 e. The first-order chi connectivity index (χ1) is 15.8. The van der Waals surface area contributed by atoms with E-state index in [1.165, 1.54) is 5.48 Å². The van der Waals surface area contributed by atoms with E-state index >= 15 is 0 Å². The Morgan fingerprint density at radius 1 is 1.15 bits per heavy atom. The van der Waals surface area contributed by atoms with Gasteiger partial charge < -0.3 is 19.9 Å². The van der Waals surface area contributed by atoms with Crippen molar-refractivity contribution in [3.05, 3.63) is 64.4 Å². The Morgan fingerprint density at radius 2 is 1.88 bits per heavy atom. The molecule has 2 atom stereocenters. The lowest BCUT2D eigenvalue weighted by atomic mass is 10.0. The predicted octanol–water partition coefficient (Wildman–Crippen LogP) is 2.26. The molecule has 2 heterocycles. The second-order valence-electron chi connectivity index (χ2n) is 7.93. The smallest absolute Gasteiger partial charge is 0.407 e. The Bertz CT molecular complexity index is 1230. The standard InChI is InChI=1S/C22H22ClN5O5/c1-12-24-17-8-15(23)6-7-19(17)28(12)9-13-2-4-14(5-3-13)20(29)25-18-11-27(22(31)32)10-16(18)21(30)26-33/h2-8,16,18,33H,9-11H2,1H3,(H,25,29)(H,26,30)(H,31,32)/t16-,18+/m0/s1. The third-order valence-corrected chi connectivity index (χ3v) is 6.05. The van der Waals surface area contributed by atoms with Crippen molar-refractivity contribution in [3.8, 4) is 0 Å². The van der Waals surface area contributed by atoms with Crippen molar-refractivity contribution >= 4 is 40.5 Å². The molecule has 1 aliphatic heterocycles. The third kappa shape index (κ3) is 4.62. The molecule has 1 aromatic heterocycles. The van der Waals surface area contributed by atoms with Gasteiger partial charge in [-0.15, -0.1) is 0 Å². The highest BCUT2D eigenvalue weighted by atomic mass is 35.5. The predicted molar refractivity (Wildman–Crippen MR) is 119 cm³/mol. The number of benzene rings is 2. The van der Waals surface area contributed by atoms with Crippen LogP contribution in [0.25, 0.3) is 11.0 Å². The molecule has 4 N–H and O–H groups in total. The Balaban J connectivity index is 1.47. The van der Waals surface area contributed by atoms with Gasteiger partial charge in [-0.25, -0.2) is 15.3 Å². The summed E-state index contributed by atoms with van der Waals surface area (Å²) in [5, 5.41) is 21.5. The molecule has 3 amide bonds. The minimum Gasteiger partial charge on any atom is -0.465 e. The monoisotopic (exact) mass is 471 g/mol. The van der Waals surface area contributed by atoms with Crippen LogP contribution in [0.3, 0.4) is 0 Å². The molecular weight excluding hydrogens is 450 g/mol. The number of carboxylic acid groups (broad SMARTS) is 1. The van der Waals surface area contributed by atoms with Gasteiger partial charge in [0.25, 0.3) is 5.91 Å². The molecule has 1 fully saturated rings. The number of hydroxylamine groups is 1. The molecule has 172 valence electrons. The van der Waals surface area contributed by atoms with Crippen molar-refractivity contribution in [3.63, 3.8) is 0 Å². The Kier molecular flexibility index (Phi) is 6.21. The van der Waals surface area contributed by atoms with Crippen molar-refractivity contribution in [2.75, 3.05) is 13.1 Å². The lowest BCUT2D eigenvalue weighted by Gasteiger charge is -2.18. The summed E-state index contributed by atoms with van der Waals surface area (Å²) in [5.41, 5.74) is 4.63. The number of hydrogen-bond acceptors (Lipinski definition) is 5. The van der Waals surface area contributed by atoms with Gasteiger partial charge in [-0.05, 0) is 42.8 Å². The zero-order chi connectivity index (χ0) is 23.7. The number of fused-ring (bicyclic) bond motifs is 1. The van der Waals surface area contributed by atoms with Crippen LogP contribution in [0.1, 0.15) is 21.7 Å². The van der Waals surface area contributed by atoms with Gasteiger partial charge in [-0.3, -0.25) is 14.8 Å². The average Bonchev–Trinajstić information content (AvgIpc) is 3.34. The lowest BCUT2D eigenvalue weighted by molar-refractivity contribution is -0.133. The number of aromatic nitrogens is 2. The molecule has 33 heavy (non-hydrogen) atoms. The molecule has 4 rings (SSSR count). The highest BCUT2D eigenvalue weighted by molar-refractivity contribution is 6.31. The second-order valence-corrected chi connectivity index (χ2v) is 8.36. The summed E-state index contributed by atoms with van der Waals surface area (Å²) in [4.78, 5) is 41.4. The molecule has 0 unspecified atom stereocenters. The van der Waals surface area contributed by atoms with Crippen LogP contribution in [0, 0.1) is 12.8 Å². The van der Waals surface area contributed by atoms with Crippen molar-refractivity contribution < 1.29 is 24.7 Å². The number of nitrogens with one attached hydrogen (secondary N) is 2. The van der Waals surface area contributed by atoms with E-state index in [1.54, 1.807) is 12.1 Å². The van der Waals surface area contributed by atoms with E-state index in [1.807, 2.05) is 37.3 Å². The van der Waals surface area contributed by atoms with Gasteiger partial charge in [-0.2, -0.15) is 0 Å². The topological polar surface area (TPSA) is 137 Å². The first kappa shape index (κ1) is 22.6. The summed E-state index contributed by atoms with van der Waals surface area (Å²) in [6.45, 7) is 2.31. The van der Waals surface area contributed by atoms with Crippen molar-refractivity contribution in [2.45, 2.75) is 19.5 Å². The van der Waals surface area contributed by atoms with Gasteiger partial charge in [-0.1, -0.05) is 23.7 Å². The number of carbonyl (C=O) groups excluding carboxylic acids is 2. The van der Waals surface area contributed by atoms with E-state index in [-0.39, 0.29) is 13.1 Å². The van der Waals surface area contributed by atoms with Crippen LogP contribution in [0.4, 0.5) is 4.79 Å². The van der Waals surface area contributed by atoms with E-state index in [9.17, 15) is 19.5 Å². The fourth-order valence-electron chi connectivity index (χ4n) is 4.07. The van der Waals surface area contributed by atoms with E-state index in [0.29, 0.717) is 17.1 Å². The van der Waals surface area contributed by atoms with Gasteiger partial charge >= 0.3 is 6.09 Å². The van der Waals surface area contributed by atoms with Gasteiger partial charge in [0.2, 0.25) is 5.91 Å². The molecule has 0 aliphatic carbocycles. The number of rotatable bonds is 5. The van der Waals surface area contributed by atoms with E-state index in [2.05, 4.69) is 14.9 Å². The van der Waals surface area contributed by atoms with Gasteiger partial charge in [0.1, 0.15) is 5.82 Å². The number of likely N-dealkylation sites (tertiary alicyclic amines) is 1. The van der Waals surface area contributed by atoms with Gasteiger partial charge in [0.15, 0.2) is 0 Å². The highest BCUT2D eigenvalue weighted by Gasteiger charge is 2.40. The molecule has 0 bridgehead atoms. The molecule has 3 aromatic rings. The summed E-state index contributed by atoms with van der Waals surface area (Å²) >= 11 is 6.05. The number of halogens is 1. The molecule has 1 saturated heterocycles. The van der Waals surface area contributed by atoms with Crippen LogP contribution < -0.4 is 10.8 Å². The average molecular weight is 472 g/mol. The lowest BCUT2D eigenvalue weighted by Crippen LogP contribution is -2.45. The number of amides is 3. The van der Waals surface area contributed by atoms with Crippen LogP contribution in [-0.2, 0) is 11.3 Å². The van der Waals surface area contributed by atoms with Crippen molar-refractivity contribution in [1.82, 2.24) is 25.2 Å². The largest absolute Gasteiger partial charge is 0.465 e. The zero-order valence-electron chi connectivity index (χ0n) is 17.7. The minimum atomic E-state index is -1.20. The summed E-state index contributed by atoms with van der Waals surface area (Å²) in [6.07, 6.45) is -1.20. The molecule has 0 radical (unpaired) electrons. The normalized spacial score (nSPS) is 17.8. The molecule has 0 saturated carbocycles. The van der Waals surface area contributed by atoms with E-state index in [4.69, 9.17) is 16.8 Å². The van der Waals surface area contributed by atoms with Crippen LogP contribution >= 0.6 is 11.6 Å². The molecule has 11 heteroatoms. The van der Waals surface area contributed by atoms with Crippen LogP contribution in [0.2, 0.25) is 5.02 Å². The second kappa shape index (κ2) is 9.08.